The zero-order valence-corrected chi connectivity index (χ0v) is 22.3. The largest absolute Gasteiger partial charge is 0.497 e. The predicted molar refractivity (Wildman–Crippen MR) is 158 cm³/mol. The maximum absolute atomic E-state index is 5.56. The van der Waals surface area contributed by atoms with Crippen LogP contribution in [0.2, 0.25) is 0 Å². The number of ether oxygens (including phenoxy) is 2. The summed E-state index contributed by atoms with van der Waals surface area (Å²) in [6.45, 7) is 4.21. The van der Waals surface area contributed by atoms with E-state index in [1.165, 1.54) is 11.1 Å². The molecule has 0 aliphatic heterocycles. The smallest absolute Gasteiger partial charge is 0.120 e. The molecule has 0 N–H and O–H groups in total. The maximum Gasteiger partial charge on any atom is 0.120 e. The van der Waals surface area contributed by atoms with Gasteiger partial charge in [-0.05, 0) is 80.6 Å². The van der Waals surface area contributed by atoms with Crippen LogP contribution in [0.15, 0.2) is 121 Å². The second-order valence-corrected chi connectivity index (χ2v) is 9.26. The third-order valence-corrected chi connectivity index (χ3v) is 6.55. The Balaban J connectivity index is 1.67. The van der Waals surface area contributed by atoms with Crippen molar-refractivity contribution in [2.24, 2.45) is 0 Å². The lowest BCUT2D eigenvalue weighted by atomic mass is 10.1. The molecule has 0 spiro atoms. The van der Waals surface area contributed by atoms with E-state index in [4.69, 9.17) is 9.47 Å². The molecule has 5 rings (SSSR count). The van der Waals surface area contributed by atoms with Crippen LogP contribution in [0.4, 0.5) is 34.1 Å². The molecule has 4 nitrogen and oxygen atoms in total. The number of rotatable bonds is 8. The minimum Gasteiger partial charge on any atom is -0.497 e. The maximum atomic E-state index is 5.56. The van der Waals surface area contributed by atoms with E-state index in [1.807, 2.05) is 24.3 Å². The molecule has 0 bridgehead atoms. The number of nitrogens with zero attached hydrogens (tertiary/aromatic N) is 2. The summed E-state index contributed by atoms with van der Waals surface area (Å²) in [7, 11) is 3.40. The van der Waals surface area contributed by atoms with Crippen LogP contribution < -0.4 is 19.3 Å². The van der Waals surface area contributed by atoms with Crippen LogP contribution in [0, 0.1) is 13.8 Å². The van der Waals surface area contributed by atoms with Crippen LogP contribution in [0.5, 0.6) is 11.5 Å². The van der Waals surface area contributed by atoms with Crippen molar-refractivity contribution in [3.63, 3.8) is 0 Å². The van der Waals surface area contributed by atoms with Gasteiger partial charge < -0.3 is 19.3 Å². The molecular weight excluding hydrogens is 468 g/mol. The molecule has 0 atom stereocenters. The van der Waals surface area contributed by atoms with Gasteiger partial charge in [0.05, 0.1) is 14.2 Å². The monoisotopic (exact) mass is 500 g/mol. The Labute approximate surface area is 225 Å². The lowest BCUT2D eigenvalue weighted by Gasteiger charge is -2.29. The van der Waals surface area contributed by atoms with Gasteiger partial charge in [-0.2, -0.15) is 0 Å². The Morgan fingerprint density at radius 1 is 0.395 bits per heavy atom. The van der Waals surface area contributed by atoms with Gasteiger partial charge in [0.15, 0.2) is 0 Å². The third-order valence-electron chi connectivity index (χ3n) is 6.55. The summed E-state index contributed by atoms with van der Waals surface area (Å²) in [4.78, 5) is 4.51. The standard InChI is InChI=1S/C34H32N2O2/c1-25-14-18-27(19-15-25)35(31-10-6-12-33(23-31)37-3)29-8-5-9-30(22-29)36(28-20-16-26(2)17-21-28)32-11-7-13-34(24-32)38-4/h5-24H,1-4H3. The van der Waals surface area contributed by atoms with Crippen molar-refractivity contribution >= 4 is 34.1 Å². The second-order valence-electron chi connectivity index (χ2n) is 9.26. The van der Waals surface area contributed by atoms with E-state index in [0.717, 1.165) is 45.6 Å². The lowest BCUT2D eigenvalue weighted by Crippen LogP contribution is -2.13. The van der Waals surface area contributed by atoms with Crippen molar-refractivity contribution in [1.82, 2.24) is 0 Å². The molecule has 0 aromatic heterocycles. The van der Waals surface area contributed by atoms with Crippen LogP contribution in [0.25, 0.3) is 0 Å². The van der Waals surface area contributed by atoms with Gasteiger partial charge in [-0.25, -0.2) is 0 Å². The number of hydrogen-bond acceptors (Lipinski definition) is 4. The first-order chi connectivity index (χ1) is 18.6. The highest BCUT2D eigenvalue weighted by Crippen LogP contribution is 2.41. The van der Waals surface area contributed by atoms with Gasteiger partial charge in [0, 0.05) is 46.3 Å². The van der Waals surface area contributed by atoms with E-state index < -0.39 is 0 Å². The number of benzene rings is 5. The van der Waals surface area contributed by atoms with Crippen LogP contribution in [0.1, 0.15) is 11.1 Å². The fraction of sp³-hybridized carbons (Fsp3) is 0.118. The van der Waals surface area contributed by atoms with Gasteiger partial charge in [0.25, 0.3) is 0 Å². The Kier molecular flexibility index (Phi) is 7.32. The summed E-state index contributed by atoms with van der Waals surface area (Å²) < 4.78 is 11.1. The van der Waals surface area contributed by atoms with Crippen molar-refractivity contribution in [2.45, 2.75) is 13.8 Å². The minimum absolute atomic E-state index is 0.813. The molecule has 4 heteroatoms. The van der Waals surface area contributed by atoms with Crippen molar-refractivity contribution in [1.29, 1.82) is 0 Å². The van der Waals surface area contributed by atoms with Crippen LogP contribution in [-0.4, -0.2) is 14.2 Å². The first-order valence-electron chi connectivity index (χ1n) is 12.7. The predicted octanol–water partition coefficient (Wildman–Crippen LogP) is 9.26. The first-order valence-corrected chi connectivity index (χ1v) is 12.7. The van der Waals surface area contributed by atoms with E-state index in [1.54, 1.807) is 14.2 Å². The molecular formula is C34H32N2O2. The summed E-state index contributed by atoms with van der Waals surface area (Å²) in [6, 6.07) is 42.1. The molecule has 0 unspecified atom stereocenters. The number of aryl methyl sites for hydroxylation is 2. The van der Waals surface area contributed by atoms with E-state index in [0.29, 0.717) is 0 Å². The van der Waals surface area contributed by atoms with Crippen molar-refractivity contribution < 1.29 is 9.47 Å². The van der Waals surface area contributed by atoms with E-state index in [2.05, 4.69) is 121 Å². The normalized spacial score (nSPS) is 10.6. The van der Waals surface area contributed by atoms with Gasteiger partial charge in [0.1, 0.15) is 11.5 Å². The SMILES string of the molecule is COc1cccc(N(c2ccc(C)cc2)c2cccc(N(c3ccc(C)cc3)c3cccc(OC)c3)c2)c1. The Morgan fingerprint density at radius 3 is 1.11 bits per heavy atom. The third kappa shape index (κ3) is 5.35. The van der Waals surface area contributed by atoms with Crippen LogP contribution >= 0.6 is 0 Å². The van der Waals surface area contributed by atoms with Crippen molar-refractivity contribution in [3.8, 4) is 11.5 Å². The molecule has 0 saturated heterocycles. The number of methoxy groups -OCH3 is 2. The summed E-state index contributed by atoms with van der Waals surface area (Å²) in [5.41, 5.74) is 8.71. The van der Waals surface area contributed by atoms with E-state index in [-0.39, 0.29) is 0 Å². The summed E-state index contributed by atoms with van der Waals surface area (Å²) >= 11 is 0. The Bertz CT molecular complexity index is 1400. The van der Waals surface area contributed by atoms with E-state index in [9.17, 15) is 0 Å². The quantitative estimate of drug-likeness (QED) is 0.212. The molecule has 0 fully saturated rings. The zero-order valence-electron chi connectivity index (χ0n) is 22.3. The minimum atomic E-state index is 0.813. The second kappa shape index (κ2) is 11.1. The molecule has 0 aliphatic carbocycles. The average Bonchev–Trinajstić information content (AvgIpc) is 2.96. The average molecular weight is 501 g/mol. The topological polar surface area (TPSA) is 24.9 Å². The fourth-order valence-electron chi connectivity index (χ4n) is 4.55. The summed E-state index contributed by atoms with van der Waals surface area (Å²) in [5, 5.41) is 0. The van der Waals surface area contributed by atoms with E-state index >= 15 is 0 Å². The van der Waals surface area contributed by atoms with Gasteiger partial charge in [-0.1, -0.05) is 53.6 Å². The van der Waals surface area contributed by atoms with Gasteiger partial charge in [-0.15, -0.1) is 0 Å². The molecule has 0 heterocycles. The molecule has 0 aliphatic rings. The highest BCUT2D eigenvalue weighted by molar-refractivity contribution is 5.83. The van der Waals surface area contributed by atoms with Gasteiger partial charge in [0.2, 0.25) is 0 Å². The molecule has 5 aromatic carbocycles. The van der Waals surface area contributed by atoms with Crippen molar-refractivity contribution in [2.75, 3.05) is 24.0 Å². The lowest BCUT2D eigenvalue weighted by molar-refractivity contribution is 0.415. The van der Waals surface area contributed by atoms with Gasteiger partial charge in [-0.3, -0.25) is 0 Å². The molecule has 38 heavy (non-hydrogen) atoms. The molecule has 0 saturated carbocycles. The number of hydrogen-bond donors (Lipinski definition) is 0. The first kappa shape index (κ1) is 25.0. The zero-order chi connectivity index (χ0) is 26.5. The number of anilines is 6. The highest BCUT2D eigenvalue weighted by Gasteiger charge is 2.18. The Hall–Kier alpha value is -4.70. The summed E-state index contributed by atoms with van der Waals surface area (Å²) in [5.74, 6) is 1.63. The molecule has 5 aromatic rings. The summed E-state index contributed by atoms with van der Waals surface area (Å²) in [6.07, 6.45) is 0. The fourth-order valence-corrected chi connectivity index (χ4v) is 4.55. The molecule has 0 amide bonds. The Morgan fingerprint density at radius 2 is 0.737 bits per heavy atom. The van der Waals surface area contributed by atoms with Crippen molar-refractivity contribution in [3.05, 3.63) is 132 Å². The van der Waals surface area contributed by atoms with Crippen LogP contribution in [-0.2, 0) is 0 Å². The van der Waals surface area contributed by atoms with Gasteiger partial charge >= 0.3 is 0 Å². The molecule has 190 valence electrons. The van der Waals surface area contributed by atoms with Crippen LogP contribution in [0.3, 0.4) is 0 Å². The highest BCUT2D eigenvalue weighted by atomic mass is 16.5. The molecule has 0 radical (unpaired) electrons.